The van der Waals surface area contributed by atoms with Crippen molar-refractivity contribution in [2.24, 2.45) is 0 Å². The second-order valence-electron chi connectivity index (χ2n) is 4.97. The van der Waals surface area contributed by atoms with Gasteiger partial charge in [0.25, 0.3) is 11.6 Å². The fraction of sp³-hybridized carbons (Fsp3) is 0.125. The number of hydrogen-bond donors (Lipinski definition) is 2. The molecule has 0 saturated carbocycles. The van der Waals surface area contributed by atoms with Crippen molar-refractivity contribution in [2.45, 2.75) is 13.0 Å². The Labute approximate surface area is 150 Å². The largest absolute Gasteiger partial charge is 0.507 e. The lowest BCUT2D eigenvalue weighted by Gasteiger charge is -2.14. The number of halogens is 1. The number of para-hydroxylation sites is 2. The van der Waals surface area contributed by atoms with Gasteiger partial charge >= 0.3 is 5.97 Å². The number of phenols is 1. The Morgan fingerprint density at radius 3 is 2.64 bits per heavy atom. The predicted octanol–water partition coefficient (Wildman–Crippen LogP) is 3.25. The van der Waals surface area contributed by atoms with Crippen LogP contribution in [-0.2, 0) is 9.53 Å². The maximum Gasteiger partial charge on any atom is 0.342 e. The summed E-state index contributed by atoms with van der Waals surface area (Å²) in [6.07, 6.45) is -1.23. The van der Waals surface area contributed by atoms with E-state index in [0.717, 1.165) is 0 Å². The van der Waals surface area contributed by atoms with Crippen LogP contribution in [0.15, 0.2) is 46.9 Å². The summed E-state index contributed by atoms with van der Waals surface area (Å²) in [7, 11) is 0. The number of benzene rings is 2. The van der Waals surface area contributed by atoms with Crippen LogP contribution in [0.25, 0.3) is 0 Å². The highest BCUT2D eigenvalue weighted by Crippen LogP contribution is 2.25. The molecule has 0 radical (unpaired) electrons. The smallest absolute Gasteiger partial charge is 0.342 e. The van der Waals surface area contributed by atoms with Crippen LogP contribution in [0, 0.1) is 10.1 Å². The highest BCUT2D eigenvalue weighted by Gasteiger charge is 2.23. The summed E-state index contributed by atoms with van der Waals surface area (Å²) in [6.45, 7) is 1.32. The number of nitro benzene ring substituents is 1. The van der Waals surface area contributed by atoms with Gasteiger partial charge in [-0.05, 0) is 31.2 Å². The van der Waals surface area contributed by atoms with Gasteiger partial charge in [0.15, 0.2) is 6.10 Å². The minimum atomic E-state index is -1.23. The fourth-order valence-electron chi connectivity index (χ4n) is 1.92. The molecule has 2 N–H and O–H groups in total. The number of aromatic hydroxyl groups is 1. The maximum absolute atomic E-state index is 12.1. The first-order chi connectivity index (χ1) is 11.8. The summed E-state index contributed by atoms with van der Waals surface area (Å²) < 4.78 is 5.56. The van der Waals surface area contributed by atoms with Crippen molar-refractivity contribution in [1.29, 1.82) is 0 Å². The molecule has 0 heterocycles. The Bertz CT molecular complexity index is 839. The molecule has 0 aromatic heterocycles. The molecular formula is C16H13BrN2O6. The SMILES string of the molecule is CC(OC(=O)c1cc(Br)ccc1O)C(=O)Nc1ccccc1[N+](=O)[O-]. The van der Waals surface area contributed by atoms with Crippen LogP contribution in [-0.4, -0.2) is 28.0 Å². The van der Waals surface area contributed by atoms with Crippen molar-refractivity contribution < 1.29 is 24.4 Å². The number of rotatable bonds is 5. The van der Waals surface area contributed by atoms with Crippen molar-refractivity contribution in [1.82, 2.24) is 0 Å². The third kappa shape index (κ3) is 4.54. The average Bonchev–Trinajstić information content (AvgIpc) is 2.57. The van der Waals surface area contributed by atoms with Gasteiger partial charge < -0.3 is 15.2 Å². The molecule has 0 aliphatic carbocycles. The zero-order valence-corrected chi connectivity index (χ0v) is 14.5. The van der Waals surface area contributed by atoms with Crippen molar-refractivity contribution >= 4 is 39.2 Å². The maximum atomic E-state index is 12.1. The number of hydrogen-bond acceptors (Lipinski definition) is 6. The summed E-state index contributed by atoms with van der Waals surface area (Å²) in [4.78, 5) is 34.5. The van der Waals surface area contributed by atoms with Gasteiger partial charge in [-0.1, -0.05) is 28.1 Å². The quantitative estimate of drug-likeness (QED) is 0.445. The molecule has 0 bridgehead atoms. The Morgan fingerprint density at radius 1 is 1.28 bits per heavy atom. The van der Waals surface area contributed by atoms with E-state index >= 15 is 0 Å². The van der Waals surface area contributed by atoms with Gasteiger partial charge in [0.05, 0.1) is 4.92 Å². The van der Waals surface area contributed by atoms with Gasteiger partial charge in [-0.15, -0.1) is 0 Å². The Kier molecular flexibility index (Phi) is 5.71. The lowest BCUT2D eigenvalue weighted by atomic mass is 10.2. The zero-order chi connectivity index (χ0) is 18.6. The third-order valence-electron chi connectivity index (χ3n) is 3.19. The van der Waals surface area contributed by atoms with Crippen LogP contribution in [0.4, 0.5) is 11.4 Å². The first kappa shape index (κ1) is 18.4. The van der Waals surface area contributed by atoms with Crippen LogP contribution in [0.1, 0.15) is 17.3 Å². The van der Waals surface area contributed by atoms with E-state index < -0.39 is 22.9 Å². The second kappa shape index (κ2) is 7.75. The number of nitro groups is 1. The number of carbonyl (C=O) groups excluding carboxylic acids is 2. The predicted molar refractivity (Wildman–Crippen MR) is 92.4 cm³/mol. The van der Waals surface area contributed by atoms with Gasteiger partial charge in [0.2, 0.25) is 0 Å². The molecule has 1 amide bonds. The molecule has 2 aromatic rings. The molecule has 1 unspecified atom stereocenters. The van der Waals surface area contributed by atoms with Crippen molar-refractivity contribution in [2.75, 3.05) is 5.32 Å². The number of anilines is 1. The lowest BCUT2D eigenvalue weighted by molar-refractivity contribution is -0.383. The second-order valence-corrected chi connectivity index (χ2v) is 5.89. The minimum absolute atomic E-state index is 0.00861. The van der Waals surface area contributed by atoms with E-state index in [-0.39, 0.29) is 22.7 Å². The molecule has 130 valence electrons. The molecular weight excluding hydrogens is 396 g/mol. The van der Waals surface area contributed by atoms with Crippen LogP contribution in [0.5, 0.6) is 5.75 Å². The van der Waals surface area contributed by atoms with Crippen molar-refractivity contribution in [3.8, 4) is 5.75 Å². The van der Waals surface area contributed by atoms with Crippen molar-refractivity contribution in [3.63, 3.8) is 0 Å². The molecule has 8 nitrogen and oxygen atoms in total. The van der Waals surface area contributed by atoms with Gasteiger partial charge in [-0.3, -0.25) is 14.9 Å². The highest BCUT2D eigenvalue weighted by molar-refractivity contribution is 9.10. The van der Waals surface area contributed by atoms with E-state index in [1.807, 2.05) is 0 Å². The summed E-state index contributed by atoms with van der Waals surface area (Å²) in [5, 5.41) is 23.0. The van der Waals surface area contributed by atoms with E-state index in [9.17, 15) is 24.8 Å². The van der Waals surface area contributed by atoms with Gasteiger partial charge in [0.1, 0.15) is 17.0 Å². The lowest BCUT2D eigenvalue weighted by Crippen LogP contribution is -2.30. The van der Waals surface area contributed by atoms with E-state index in [1.54, 1.807) is 0 Å². The summed E-state index contributed by atoms with van der Waals surface area (Å²) in [5.41, 5.74) is -0.399. The number of amides is 1. The number of ether oxygens (including phenoxy) is 1. The highest BCUT2D eigenvalue weighted by atomic mass is 79.9. The molecule has 0 aliphatic rings. The number of esters is 1. The first-order valence-corrected chi connectivity index (χ1v) is 7.82. The average molecular weight is 409 g/mol. The first-order valence-electron chi connectivity index (χ1n) is 7.03. The Morgan fingerprint density at radius 2 is 1.96 bits per heavy atom. The number of carbonyl (C=O) groups is 2. The van der Waals surface area contributed by atoms with E-state index in [4.69, 9.17) is 4.74 Å². The monoisotopic (exact) mass is 408 g/mol. The topological polar surface area (TPSA) is 119 Å². The van der Waals surface area contributed by atoms with E-state index in [1.165, 1.54) is 49.4 Å². The fourth-order valence-corrected chi connectivity index (χ4v) is 2.28. The molecule has 2 aromatic carbocycles. The Hall–Kier alpha value is -2.94. The van der Waals surface area contributed by atoms with Crippen LogP contribution in [0.3, 0.4) is 0 Å². The van der Waals surface area contributed by atoms with Gasteiger partial charge in [-0.2, -0.15) is 0 Å². The molecule has 9 heteroatoms. The van der Waals surface area contributed by atoms with Crippen LogP contribution in [0.2, 0.25) is 0 Å². The van der Waals surface area contributed by atoms with E-state index in [0.29, 0.717) is 4.47 Å². The van der Waals surface area contributed by atoms with Gasteiger partial charge in [-0.25, -0.2) is 4.79 Å². The zero-order valence-electron chi connectivity index (χ0n) is 12.9. The number of nitrogens with zero attached hydrogens (tertiary/aromatic N) is 1. The normalized spacial score (nSPS) is 11.4. The summed E-state index contributed by atoms with van der Waals surface area (Å²) in [6, 6.07) is 9.79. The van der Waals surface area contributed by atoms with Crippen molar-refractivity contribution in [3.05, 3.63) is 62.6 Å². The molecule has 25 heavy (non-hydrogen) atoms. The number of phenolic OH excluding ortho intramolecular Hbond substituents is 1. The molecule has 0 saturated heterocycles. The van der Waals surface area contributed by atoms with Crippen LogP contribution < -0.4 is 5.32 Å². The number of nitrogens with one attached hydrogen (secondary N) is 1. The minimum Gasteiger partial charge on any atom is -0.507 e. The molecule has 2 rings (SSSR count). The molecule has 0 fully saturated rings. The molecule has 0 aliphatic heterocycles. The summed E-state index contributed by atoms with van der Waals surface area (Å²) in [5.74, 6) is -1.93. The van der Waals surface area contributed by atoms with Crippen LogP contribution >= 0.6 is 15.9 Å². The molecule has 0 spiro atoms. The third-order valence-corrected chi connectivity index (χ3v) is 3.68. The Balaban J connectivity index is 2.09. The molecule has 1 atom stereocenters. The van der Waals surface area contributed by atoms with Gasteiger partial charge in [0, 0.05) is 10.5 Å². The standard InChI is InChI=1S/C16H13BrN2O6/c1-9(25-16(22)11-8-10(17)6-7-14(11)20)15(21)18-12-4-2-3-5-13(12)19(23)24/h2-9,20H,1H3,(H,18,21). The van der Waals surface area contributed by atoms with E-state index in [2.05, 4.69) is 21.2 Å². The summed E-state index contributed by atoms with van der Waals surface area (Å²) >= 11 is 3.16.